The monoisotopic (exact) mass is 282 g/mol. The third-order valence-corrected chi connectivity index (χ3v) is 2.97. The van der Waals surface area contributed by atoms with Crippen molar-refractivity contribution in [2.75, 3.05) is 32.1 Å². The first-order chi connectivity index (χ1) is 7.79. The van der Waals surface area contributed by atoms with E-state index in [-0.39, 0.29) is 19.0 Å². The summed E-state index contributed by atoms with van der Waals surface area (Å²) in [6, 6.07) is 0. The summed E-state index contributed by atoms with van der Waals surface area (Å²) in [5.74, 6) is 1.70. The molecule has 0 radical (unpaired) electrons. The average molecular weight is 283 g/mol. The highest BCUT2D eigenvalue weighted by Gasteiger charge is 2.07. The first kappa shape index (κ1) is 16.7. The van der Waals surface area contributed by atoms with Gasteiger partial charge < -0.3 is 20.1 Å². The Kier molecular flexibility index (Phi) is 9.47. The molecule has 0 aliphatic rings. The number of thioether (sulfide) groups is 1. The van der Waals surface area contributed by atoms with E-state index in [0.29, 0.717) is 19.8 Å². The molecule has 0 atom stereocenters. The van der Waals surface area contributed by atoms with Crippen molar-refractivity contribution in [2.45, 2.75) is 11.6 Å². The van der Waals surface area contributed by atoms with Crippen molar-refractivity contribution in [1.82, 2.24) is 14.8 Å². The topological polar surface area (TPSA) is 86.2 Å². The lowest BCUT2D eigenvalue weighted by Gasteiger charge is -2.03. The lowest BCUT2D eigenvalue weighted by molar-refractivity contribution is 0.103. The summed E-state index contributed by atoms with van der Waals surface area (Å²) in [6.45, 7) is 1.63. The van der Waals surface area contributed by atoms with Gasteiger partial charge in [0.1, 0.15) is 5.82 Å². The van der Waals surface area contributed by atoms with Crippen LogP contribution < -0.4 is 5.73 Å². The van der Waals surface area contributed by atoms with Crippen molar-refractivity contribution in [3.63, 3.8) is 0 Å². The van der Waals surface area contributed by atoms with Gasteiger partial charge in [0.05, 0.1) is 19.8 Å². The highest BCUT2D eigenvalue weighted by Crippen LogP contribution is 2.15. The molecule has 17 heavy (non-hydrogen) atoms. The van der Waals surface area contributed by atoms with Gasteiger partial charge in [-0.2, -0.15) is 0 Å². The number of nitrogens with zero attached hydrogens (tertiary/aromatic N) is 3. The standard InChI is InChI=1S/C9H18N4O2S.ClH/c1-13-8(2-3-10)11-12-9(13)16-7-6-15-5-4-14;/h14H,2-7,10H2,1H3;1H. The normalized spacial score (nSPS) is 10.3. The summed E-state index contributed by atoms with van der Waals surface area (Å²) >= 11 is 1.59. The minimum Gasteiger partial charge on any atom is -0.394 e. The molecule has 1 aromatic heterocycles. The highest BCUT2D eigenvalue weighted by molar-refractivity contribution is 7.99. The molecule has 1 aromatic rings. The Morgan fingerprint density at radius 1 is 1.41 bits per heavy atom. The summed E-state index contributed by atoms with van der Waals surface area (Å²) in [5.41, 5.74) is 5.46. The highest BCUT2D eigenvalue weighted by atomic mass is 35.5. The van der Waals surface area contributed by atoms with E-state index in [0.717, 1.165) is 23.2 Å². The van der Waals surface area contributed by atoms with Crippen LogP contribution in [0.25, 0.3) is 0 Å². The summed E-state index contributed by atoms with van der Waals surface area (Å²) in [7, 11) is 1.93. The number of ether oxygens (including phenoxy) is 1. The predicted molar refractivity (Wildman–Crippen MR) is 69.6 cm³/mol. The molecule has 8 heteroatoms. The van der Waals surface area contributed by atoms with Gasteiger partial charge >= 0.3 is 0 Å². The maximum Gasteiger partial charge on any atom is 0.191 e. The third kappa shape index (κ3) is 5.69. The smallest absolute Gasteiger partial charge is 0.191 e. The molecule has 100 valence electrons. The van der Waals surface area contributed by atoms with Crippen LogP contribution in [-0.4, -0.2) is 52.0 Å². The fourth-order valence-electron chi connectivity index (χ4n) is 1.18. The Morgan fingerprint density at radius 2 is 2.18 bits per heavy atom. The summed E-state index contributed by atoms with van der Waals surface area (Å²) < 4.78 is 7.10. The van der Waals surface area contributed by atoms with Crippen molar-refractivity contribution in [1.29, 1.82) is 0 Å². The average Bonchev–Trinajstić information content (AvgIpc) is 2.62. The van der Waals surface area contributed by atoms with Crippen molar-refractivity contribution in [3.05, 3.63) is 5.82 Å². The number of nitrogens with two attached hydrogens (primary N) is 1. The van der Waals surface area contributed by atoms with Crippen LogP contribution in [0.1, 0.15) is 5.82 Å². The van der Waals surface area contributed by atoms with Gasteiger partial charge in [0.2, 0.25) is 0 Å². The lowest BCUT2D eigenvalue weighted by Crippen LogP contribution is -2.08. The first-order valence-electron chi connectivity index (χ1n) is 5.19. The number of aromatic nitrogens is 3. The van der Waals surface area contributed by atoms with Crippen LogP contribution in [0.5, 0.6) is 0 Å². The Morgan fingerprint density at radius 3 is 2.82 bits per heavy atom. The van der Waals surface area contributed by atoms with Crippen molar-refractivity contribution in [3.8, 4) is 0 Å². The largest absolute Gasteiger partial charge is 0.394 e. The molecule has 0 saturated carbocycles. The molecule has 1 rings (SSSR count). The zero-order valence-corrected chi connectivity index (χ0v) is 11.5. The number of hydrogen-bond acceptors (Lipinski definition) is 6. The van der Waals surface area contributed by atoms with Crippen LogP contribution >= 0.6 is 24.2 Å². The first-order valence-corrected chi connectivity index (χ1v) is 6.18. The van der Waals surface area contributed by atoms with Gasteiger partial charge in [-0.3, -0.25) is 0 Å². The molecule has 0 aliphatic heterocycles. The molecule has 0 aromatic carbocycles. The lowest BCUT2D eigenvalue weighted by atomic mass is 10.4. The van der Waals surface area contributed by atoms with Crippen molar-refractivity contribution in [2.24, 2.45) is 12.8 Å². The zero-order chi connectivity index (χ0) is 11.8. The van der Waals surface area contributed by atoms with Gasteiger partial charge in [-0.05, 0) is 6.54 Å². The Hall–Kier alpha value is -0.340. The van der Waals surface area contributed by atoms with E-state index < -0.39 is 0 Å². The molecule has 6 nitrogen and oxygen atoms in total. The fraction of sp³-hybridized carbons (Fsp3) is 0.778. The van der Waals surface area contributed by atoms with E-state index in [1.165, 1.54) is 0 Å². The second-order valence-corrected chi connectivity index (χ2v) is 4.24. The molecule has 1 heterocycles. The maximum atomic E-state index is 8.52. The predicted octanol–water partition coefficient (Wildman–Crippen LogP) is -0.161. The molecule has 0 fully saturated rings. The quantitative estimate of drug-likeness (QED) is 0.509. The number of aliphatic hydroxyl groups excluding tert-OH is 1. The third-order valence-electron chi connectivity index (χ3n) is 1.99. The zero-order valence-electron chi connectivity index (χ0n) is 9.83. The van der Waals surface area contributed by atoms with E-state index in [1.807, 2.05) is 11.6 Å². The fourth-order valence-corrected chi connectivity index (χ4v) is 1.96. The van der Waals surface area contributed by atoms with Crippen LogP contribution in [0.2, 0.25) is 0 Å². The maximum absolute atomic E-state index is 8.52. The second kappa shape index (κ2) is 9.67. The molecule has 0 spiro atoms. The summed E-state index contributed by atoms with van der Waals surface area (Å²) in [4.78, 5) is 0. The van der Waals surface area contributed by atoms with Gasteiger partial charge in [-0.1, -0.05) is 11.8 Å². The minimum absolute atomic E-state index is 0. The van der Waals surface area contributed by atoms with Gasteiger partial charge in [-0.15, -0.1) is 22.6 Å². The molecule has 0 aliphatic carbocycles. The number of rotatable bonds is 8. The van der Waals surface area contributed by atoms with Crippen molar-refractivity contribution < 1.29 is 9.84 Å². The molecular formula is C9H19ClN4O2S. The molecule has 0 amide bonds. The number of hydrogen-bond donors (Lipinski definition) is 2. The molecular weight excluding hydrogens is 264 g/mol. The van der Waals surface area contributed by atoms with E-state index in [1.54, 1.807) is 11.8 Å². The Bertz CT molecular complexity index is 311. The molecule has 0 bridgehead atoms. The van der Waals surface area contributed by atoms with E-state index in [4.69, 9.17) is 15.6 Å². The molecule has 0 saturated heterocycles. The van der Waals surface area contributed by atoms with Gasteiger partial charge in [-0.25, -0.2) is 0 Å². The van der Waals surface area contributed by atoms with Crippen LogP contribution in [0.15, 0.2) is 5.16 Å². The number of aliphatic hydroxyl groups is 1. The van der Waals surface area contributed by atoms with E-state index in [2.05, 4.69) is 10.2 Å². The van der Waals surface area contributed by atoms with Crippen LogP contribution in [-0.2, 0) is 18.2 Å². The van der Waals surface area contributed by atoms with Crippen molar-refractivity contribution >= 4 is 24.2 Å². The molecule has 0 unspecified atom stereocenters. The van der Waals surface area contributed by atoms with E-state index >= 15 is 0 Å². The van der Waals surface area contributed by atoms with Gasteiger partial charge in [0.25, 0.3) is 0 Å². The van der Waals surface area contributed by atoms with Crippen LogP contribution in [0, 0.1) is 0 Å². The van der Waals surface area contributed by atoms with E-state index in [9.17, 15) is 0 Å². The number of halogens is 1. The second-order valence-electron chi connectivity index (χ2n) is 3.18. The van der Waals surface area contributed by atoms with Gasteiger partial charge in [0.15, 0.2) is 5.16 Å². The van der Waals surface area contributed by atoms with Gasteiger partial charge in [0, 0.05) is 19.2 Å². The summed E-state index contributed by atoms with van der Waals surface area (Å²) in [6.07, 6.45) is 0.741. The Labute approximate surface area is 111 Å². The minimum atomic E-state index is 0. The Balaban J connectivity index is 0.00000256. The summed E-state index contributed by atoms with van der Waals surface area (Å²) in [5, 5.41) is 17.5. The molecule has 3 N–H and O–H groups in total. The van der Waals surface area contributed by atoms with Crippen LogP contribution in [0.3, 0.4) is 0 Å². The van der Waals surface area contributed by atoms with Crippen LogP contribution in [0.4, 0.5) is 0 Å². The SMILES string of the molecule is Cl.Cn1c(CCN)nnc1SCCOCCO.